The molecule has 23 heavy (non-hydrogen) atoms. The highest BCUT2D eigenvalue weighted by Gasteiger charge is 2.40. The minimum absolute atomic E-state index is 0.0276. The molecule has 0 radical (unpaired) electrons. The Kier molecular flexibility index (Phi) is 4.95. The second-order valence-corrected chi connectivity index (χ2v) is 9.67. The molecule has 2 rings (SSSR count). The summed E-state index contributed by atoms with van der Waals surface area (Å²) in [5, 5.41) is 4.45. The van der Waals surface area contributed by atoms with Crippen LogP contribution in [0.5, 0.6) is 0 Å². The zero-order valence-corrected chi connectivity index (χ0v) is 15.9. The van der Waals surface area contributed by atoms with Gasteiger partial charge in [-0.2, -0.15) is 9.40 Å². The standard InChI is InChI=1S/C16H30N4O2S/c1-11(2)9-20-13(4)15(12(3)18-20)23(21,22)19-8-7-14(17)16(5,6)10-19/h11,14H,7-10,17H2,1-6H3. The van der Waals surface area contributed by atoms with Crippen LogP contribution in [0.4, 0.5) is 0 Å². The summed E-state index contributed by atoms with van der Waals surface area (Å²) in [7, 11) is -3.54. The predicted molar refractivity (Wildman–Crippen MR) is 91.7 cm³/mol. The van der Waals surface area contributed by atoms with E-state index in [1.165, 1.54) is 0 Å². The third-order valence-corrected chi connectivity index (χ3v) is 6.83. The van der Waals surface area contributed by atoms with E-state index < -0.39 is 10.0 Å². The normalized spacial score (nSPS) is 22.7. The molecule has 1 aliphatic rings. The summed E-state index contributed by atoms with van der Waals surface area (Å²) in [6.07, 6.45) is 0.685. The van der Waals surface area contributed by atoms with Crippen molar-refractivity contribution in [2.45, 2.75) is 65.4 Å². The van der Waals surface area contributed by atoms with Crippen LogP contribution in [-0.2, 0) is 16.6 Å². The fraction of sp³-hybridized carbons (Fsp3) is 0.812. The number of nitrogens with two attached hydrogens (primary N) is 1. The molecule has 0 saturated carbocycles. The molecule has 1 unspecified atom stereocenters. The molecule has 7 heteroatoms. The number of hydrogen-bond acceptors (Lipinski definition) is 4. The maximum atomic E-state index is 13.2. The molecule has 0 bridgehead atoms. The van der Waals surface area contributed by atoms with Gasteiger partial charge in [-0.1, -0.05) is 27.7 Å². The summed E-state index contributed by atoms with van der Waals surface area (Å²) in [5.41, 5.74) is 7.22. The van der Waals surface area contributed by atoms with E-state index in [1.54, 1.807) is 11.2 Å². The van der Waals surface area contributed by atoms with Gasteiger partial charge in [-0.3, -0.25) is 4.68 Å². The summed E-state index contributed by atoms with van der Waals surface area (Å²) in [6, 6.07) is 0.0276. The molecule has 1 atom stereocenters. The van der Waals surface area contributed by atoms with Crippen molar-refractivity contribution in [1.29, 1.82) is 0 Å². The largest absolute Gasteiger partial charge is 0.327 e. The first-order chi connectivity index (χ1) is 10.5. The van der Waals surface area contributed by atoms with E-state index in [0.717, 1.165) is 12.2 Å². The van der Waals surface area contributed by atoms with Gasteiger partial charge in [0.2, 0.25) is 10.0 Å². The number of nitrogens with zero attached hydrogens (tertiary/aromatic N) is 3. The molecular formula is C16H30N4O2S. The van der Waals surface area contributed by atoms with E-state index in [2.05, 4.69) is 18.9 Å². The van der Waals surface area contributed by atoms with Crippen LogP contribution < -0.4 is 5.73 Å². The van der Waals surface area contributed by atoms with Crippen molar-refractivity contribution in [2.75, 3.05) is 13.1 Å². The van der Waals surface area contributed by atoms with Gasteiger partial charge in [0.1, 0.15) is 4.90 Å². The van der Waals surface area contributed by atoms with Crippen LogP contribution in [0.1, 0.15) is 45.5 Å². The third-order valence-electron chi connectivity index (χ3n) is 4.73. The van der Waals surface area contributed by atoms with Crippen LogP contribution in [-0.4, -0.2) is 41.6 Å². The van der Waals surface area contributed by atoms with Crippen molar-refractivity contribution in [2.24, 2.45) is 17.1 Å². The van der Waals surface area contributed by atoms with E-state index in [0.29, 0.717) is 36.0 Å². The Morgan fingerprint density at radius 2 is 1.96 bits per heavy atom. The molecule has 6 nitrogen and oxygen atoms in total. The maximum Gasteiger partial charge on any atom is 0.246 e. The molecule has 2 heterocycles. The van der Waals surface area contributed by atoms with Gasteiger partial charge in [0.25, 0.3) is 0 Å². The van der Waals surface area contributed by atoms with Crippen molar-refractivity contribution in [1.82, 2.24) is 14.1 Å². The number of hydrogen-bond donors (Lipinski definition) is 1. The summed E-state index contributed by atoms with van der Waals surface area (Å²) >= 11 is 0. The third kappa shape index (κ3) is 3.46. The molecule has 1 saturated heterocycles. The first kappa shape index (κ1) is 18.4. The number of piperidine rings is 1. The van der Waals surface area contributed by atoms with E-state index in [-0.39, 0.29) is 11.5 Å². The molecule has 132 valence electrons. The minimum Gasteiger partial charge on any atom is -0.327 e. The maximum absolute atomic E-state index is 13.2. The van der Waals surface area contributed by atoms with Crippen molar-refractivity contribution >= 4 is 10.0 Å². The van der Waals surface area contributed by atoms with Crippen LogP contribution in [0.15, 0.2) is 4.90 Å². The number of aromatic nitrogens is 2. The lowest BCUT2D eigenvalue weighted by Gasteiger charge is -2.41. The van der Waals surface area contributed by atoms with E-state index >= 15 is 0 Å². The Labute approximate surface area is 140 Å². The van der Waals surface area contributed by atoms with Crippen LogP contribution in [0, 0.1) is 25.2 Å². The Morgan fingerprint density at radius 3 is 2.48 bits per heavy atom. The predicted octanol–water partition coefficient (Wildman–Crippen LogP) is 1.90. The average molecular weight is 343 g/mol. The van der Waals surface area contributed by atoms with Gasteiger partial charge in [0.15, 0.2) is 0 Å². The Balaban J connectivity index is 2.39. The zero-order valence-electron chi connectivity index (χ0n) is 15.1. The molecular weight excluding hydrogens is 312 g/mol. The van der Waals surface area contributed by atoms with Crippen molar-refractivity contribution in [3.8, 4) is 0 Å². The van der Waals surface area contributed by atoms with Gasteiger partial charge in [-0.25, -0.2) is 8.42 Å². The molecule has 1 aliphatic heterocycles. The molecule has 0 spiro atoms. The molecule has 2 N–H and O–H groups in total. The monoisotopic (exact) mass is 342 g/mol. The Morgan fingerprint density at radius 1 is 1.35 bits per heavy atom. The highest BCUT2D eigenvalue weighted by atomic mass is 32.2. The fourth-order valence-corrected chi connectivity index (χ4v) is 5.24. The lowest BCUT2D eigenvalue weighted by atomic mass is 9.81. The Bertz CT molecular complexity index is 676. The van der Waals surface area contributed by atoms with Gasteiger partial charge < -0.3 is 5.73 Å². The molecule has 0 aliphatic carbocycles. The quantitative estimate of drug-likeness (QED) is 0.906. The number of rotatable bonds is 4. The van der Waals surface area contributed by atoms with E-state index in [9.17, 15) is 8.42 Å². The lowest BCUT2D eigenvalue weighted by Crippen LogP contribution is -2.53. The van der Waals surface area contributed by atoms with E-state index in [1.807, 2.05) is 25.5 Å². The van der Waals surface area contributed by atoms with Gasteiger partial charge in [0, 0.05) is 25.7 Å². The fourth-order valence-electron chi connectivity index (χ4n) is 3.24. The second-order valence-electron chi connectivity index (χ2n) is 7.80. The van der Waals surface area contributed by atoms with Gasteiger partial charge in [0.05, 0.1) is 11.4 Å². The van der Waals surface area contributed by atoms with E-state index in [4.69, 9.17) is 5.73 Å². The summed E-state index contributed by atoms with van der Waals surface area (Å²) in [4.78, 5) is 0.365. The van der Waals surface area contributed by atoms with Crippen molar-refractivity contribution in [3.05, 3.63) is 11.4 Å². The smallest absolute Gasteiger partial charge is 0.246 e. The zero-order chi connectivity index (χ0) is 17.6. The van der Waals surface area contributed by atoms with Crippen LogP contribution in [0.3, 0.4) is 0 Å². The highest BCUT2D eigenvalue weighted by molar-refractivity contribution is 7.89. The summed E-state index contributed by atoms with van der Waals surface area (Å²) < 4.78 is 29.7. The minimum atomic E-state index is -3.54. The topological polar surface area (TPSA) is 81.2 Å². The van der Waals surface area contributed by atoms with Crippen LogP contribution >= 0.6 is 0 Å². The average Bonchev–Trinajstić information content (AvgIpc) is 2.67. The van der Waals surface area contributed by atoms with Gasteiger partial charge in [-0.05, 0) is 31.6 Å². The molecule has 1 aromatic rings. The number of aryl methyl sites for hydroxylation is 1. The lowest BCUT2D eigenvalue weighted by molar-refractivity contribution is 0.155. The molecule has 1 fully saturated rings. The molecule has 0 amide bonds. The molecule has 0 aromatic carbocycles. The summed E-state index contributed by atoms with van der Waals surface area (Å²) in [6.45, 7) is 13.5. The van der Waals surface area contributed by atoms with Gasteiger partial charge >= 0.3 is 0 Å². The first-order valence-corrected chi connectivity index (χ1v) is 9.70. The van der Waals surface area contributed by atoms with Crippen molar-refractivity contribution < 1.29 is 8.42 Å². The SMILES string of the molecule is Cc1nn(CC(C)C)c(C)c1S(=O)(=O)N1CCC(N)C(C)(C)C1. The second kappa shape index (κ2) is 6.18. The first-order valence-electron chi connectivity index (χ1n) is 8.26. The van der Waals surface area contributed by atoms with Crippen LogP contribution in [0.2, 0.25) is 0 Å². The number of sulfonamides is 1. The molecule has 1 aromatic heterocycles. The highest BCUT2D eigenvalue weighted by Crippen LogP contribution is 2.33. The van der Waals surface area contributed by atoms with Crippen LogP contribution in [0.25, 0.3) is 0 Å². The van der Waals surface area contributed by atoms with Gasteiger partial charge in [-0.15, -0.1) is 0 Å². The Hall–Kier alpha value is -0.920. The summed E-state index contributed by atoms with van der Waals surface area (Å²) in [5.74, 6) is 0.412. The van der Waals surface area contributed by atoms with Crippen molar-refractivity contribution in [3.63, 3.8) is 0 Å².